The number of carbonyl (C=O) groups excluding carboxylic acids is 4. The third kappa shape index (κ3) is 55.5. The van der Waals surface area contributed by atoms with Crippen molar-refractivity contribution < 1.29 is 57.1 Å². The standard InChI is InChI=1S/C124H188N4O12/c1-12-16-20-24-28-32-36-40-44-48-52-56-60-64-68-72-78-133-117-109-82-105(97-137-121(129)101(5)76-77-125)83-110(117)91-112-85-107(99-139-123(131)103(7)95-127-10)87-114(119(112)135-80-74-70-66-62-58-54-50-46-42-38-34-30-26-22-18-14-3)93-116-89-108(100-140-124(132)104(8)96-128-11)88-115(120(116)136-81-75-71-67-63-59-55-51-47-43-39-35-31-27-23-19-15-4)92-113-86-106(98-138-122(130)102(6)94-126-9)84-111(90-109)118(113)134-79-73-69-65-61-57-53-49-45-41-37-33-29-25-21-17-13-2/h82-89H,5-8,12-76,78-81,90-100H2,1-4H3. The van der Waals surface area contributed by atoms with Gasteiger partial charge in [-0.3, -0.25) is 0 Å². The summed E-state index contributed by atoms with van der Waals surface area (Å²) in [6.45, 7) is 48.1. The summed E-state index contributed by atoms with van der Waals surface area (Å²) < 4.78 is 54.3. The smallest absolute Gasteiger partial charge is 0.341 e. The van der Waals surface area contributed by atoms with E-state index in [0.29, 0.717) is 71.7 Å². The van der Waals surface area contributed by atoms with Crippen molar-refractivity contribution in [1.82, 2.24) is 0 Å². The molecule has 0 aliphatic heterocycles. The zero-order chi connectivity index (χ0) is 101. The van der Waals surface area contributed by atoms with E-state index in [9.17, 15) is 24.4 Å². The van der Waals surface area contributed by atoms with Crippen LogP contribution in [0.1, 0.15) is 512 Å². The van der Waals surface area contributed by atoms with Crippen molar-refractivity contribution in [1.29, 1.82) is 5.26 Å². The molecular weight excluding hydrogens is 1740 g/mol. The zero-order valence-corrected chi connectivity index (χ0v) is 88.7. The molecule has 0 amide bonds. The van der Waals surface area contributed by atoms with Crippen LogP contribution in [-0.4, -0.2) is 69.9 Å². The Hall–Kier alpha value is -9.12. The van der Waals surface area contributed by atoms with Gasteiger partial charge in [-0.1, -0.05) is 439 Å². The molecule has 1 aliphatic carbocycles. The number of esters is 4. The van der Waals surface area contributed by atoms with Crippen molar-refractivity contribution in [2.24, 2.45) is 0 Å². The number of carbonyl (C=O) groups is 4. The first-order valence-electron chi connectivity index (χ1n) is 56.5. The van der Waals surface area contributed by atoms with Crippen LogP contribution in [-0.2, 0) is 90.2 Å². The minimum atomic E-state index is -0.692. The molecule has 4 aromatic rings. The Morgan fingerprint density at radius 1 is 0.250 bits per heavy atom. The average molecular weight is 1930 g/mol. The SMILES string of the molecule is [C-]#[N+]CC(=C)C(=O)OCc1cc2c(OCCCCCCCCCCCCCCCCCC)c(c1)Cc1cc(COC(=O)C(=C)C[N+]#[C-])cc(c1OCCCCCCCCCCCCCCCCCC)Cc1cc(COC(=O)C(=C)C[N+]#[C-])cc(c1OCCCCCCCCCCCCCCCCCC)Cc1cc(COC(=O)C(=C)CC#N)cc(c1OCCCCCCCCCCCCCCCCCC)C2. The summed E-state index contributed by atoms with van der Waals surface area (Å²) in [6, 6.07) is 18.4. The van der Waals surface area contributed by atoms with Crippen molar-refractivity contribution >= 4 is 23.9 Å². The van der Waals surface area contributed by atoms with E-state index in [1.807, 2.05) is 48.5 Å². The Morgan fingerprint density at radius 3 is 0.536 bits per heavy atom. The molecule has 8 bridgehead atoms. The summed E-state index contributed by atoms with van der Waals surface area (Å²) in [4.78, 5) is 66.3. The van der Waals surface area contributed by atoms with Crippen molar-refractivity contribution in [2.45, 2.75) is 497 Å². The predicted octanol–water partition coefficient (Wildman–Crippen LogP) is 35.0. The zero-order valence-electron chi connectivity index (χ0n) is 88.7. The molecular formula is C124H188N4O12. The molecule has 5 rings (SSSR count). The molecule has 0 spiro atoms. The highest BCUT2D eigenvalue weighted by molar-refractivity contribution is 5.90. The van der Waals surface area contributed by atoms with Gasteiger partial charge in [0.2, 0.25) is 19.6 Å². The number of hydrogen-bond donors (Lipinski definition) is 0. The van der Waals surface area contributed by atoms with Crippen LogP contribution in [0.2, 0.25) is 0 Å². The van der Waals surface area contributed by atoms with Crippen molar-refractivity contribution in [3.63, 3.8) is 0 Å². The maximum absolute atomic E-state index is 14.0. The Balaban J connectivity index is 1.77. The third-order valence-corrected chi connectivity index (χ3v) is 27.4. The quantitative estimate of drug-likeness (QED) is 0.0118. The summed E-state index contributed by atoms with van der Waals surface area (Å²) in [7, 11) is 0. The van der Waals surface area contributed by atoms with Crippen LogP contribution in [0.25, 0.3) is 14.5 Å². The van der Waals surface area contributed by atoms with Gasteiger partial charge in [-0.05, 0) is 141 Å². The van der Waals surface area contributed by atoms with Crippen molar-refractivity contribution in [3.8, 4) is 29.1 Å². The van der Waals surface area contributed by atoms with E-state index in [2.05, 4.69) is 74.6 Å². The van der Waals surface area contributed by atoms with Gasteiger partial charge < -0.3 is 52.4 Å². The number of rotatable bonds is 88. The number of hydrogen-bond acceptors (Lipinski definition) is 13. The summed E-state index contributed by atoms with van der Waals surface area (Å²) in [6.07, 6.45) is 79.0. The Morgan fingerprint density at radius 2 is 0.393 bits per heavy atom. The minimum absolute atomic E-state index is 0.0325. The number of unbranched alkanes of at least 4 members (excludes halogenated alkanes) is 60. The second-order valence-corrected chi connectivity index (χ2v) is 40.3. The van der Waals surface area contributed by atoms with Crippen LogP contribution in [0.5, 0.6) is 23.0 Å². The van der Waals surface area contributed by atoms with Gasteiger partial charge in [-0.25, -0.2) is 38.9 Å². The lowest BCUT2D eigenvalue weighted by molar-refractivity contribution is -0.141. The molecule has 140 heavy (non-hydrogen) atoms. The lowest BCUT2D eigenvalue weighted by atomic mass is 9.88. The molecule has 0 aromatic heterocycles. The van der Waals surface area contributed by atoms with E-state index in [1.165, 1.54) is 308 Å². The Labute approximate surface area is 851 Å². The fourth-order valence-corrected chi connectivity index (χ4v) is 19.2. The second kappa shape index (κ2) is 81.3. The topological polar surface area (TPSA) is 179 Å². The molecule has 0 fully saturated rings. The van der Waals surface area contributed by atoms with E-state index in [4.69, 9.17) is 57.6 Å². The van der Waals surface area contributed by atoms with Gasteiger partial charge in [0.15, 0.2) is 0 Å². The van der Waals surface area contributed by atoms with Gasteiger partial charge in [0.25, 0.3) is 0 Å². The van der Waals surface area contributed by atoms with Gasteiger partial charge >= 0.3 is 23.9 Å². The third-order valence-electron chi connectivity index (χ3n) is 27.4. The van der Waals surface area contributed by atoms with E-state index < -0.39 is 23.9 Å². The number of nitriles is 1. The van der Waals surface area contributed by atoms with Crippen LogP contribution in [0.15, 0.2) is 97.1 Å². The second-order valence-electron chi connectivity index (χ2n) is 40.3. The fraction of sp³-hybridized carbons (Fsp3) is 0.677. The number of benzene rings is 4. The van der Waals surface area contributed by atoms with E-state index in [1.54, 1.807) is 0 Å². The fourth-order valence-electron chi connectivity index (χ4n) is 19.2. The van der Waals surface area contributed by atoms with Gasteiger partial charge in [0, 0.05) is 31.3 Å². The molecule has 0 heterocycles. The monoisotopic (exact) mass is 1930 g/mol. The summed E-state index contributed by atoms with van der Waals surface area (Å²) in [5.41, 5.74) is 8.86. The van der Waals surface area contributed by atoms with Crippen LogP contribution < -0.4 is 18.9 Å². The van der Waals surface area contributed by atoms with E-state index in [0.717, 1.165) is 147 Å². The highest BCUT2D eigenvalue weighted by Gasteiger charge is 2.28. The maximum Gasteiger partial charge on any atom is 0.341 e. The first-order valence-corrected chi connectivity index (χ1v) is 56.5. The van der Waals surface area contributed by atoms with Gasteiger partial charge in [0.05, 0.1) is 38.9 Å². The molecule has 0 saturated carbocycles. The van der Waals surface area contributed by atoms with Crippen LogP contribution >= 0.6 is 0 Å². The molecule has 0 saturated heterocycles. The Bertz CT molecular complexity index is 3680. The first-order chi connectivity index (χ1) is 68.6. The molecule has 16 heteroatoms. The molecule has 1 aliphatic rings. The lowest BCUT2D eigenvalue weighted by Gasteiger charge is -2.25. The minimum Gasteiger partial charge on any atom is -0.493 e. The number of fused-ring (bicyclic) bond motifs is 8. The Kier molecular flexibility index (Phi) is 70.5. The van der Waals surface area contributed by atoms with Crippen molar-refractivity contribution in [2.75, 3.05) is 46.1 Å². The summed E-state index contributed by atoms with van der Waals surface area (Å²) in [5.74, 6) is -0.221. The predicted molar refractivity (Wildman–Crippen MR) is 578 cm³/mol. The molecule has 0 atom stereocenters. The summed E-state index contributed by atoms with van der Waals surface area (Å²) in [5, 5.41) is 9.80. The van der Waals surface area contributed by atoms with Gasteiger partial charge in [-0.15, -0.1) is 0 Å². The van der Waals surface area contributed by atoms with Crippen LogP contribution in [0, 0.1) is 31.0 Å². The first kappa shape index (κ1) is 121. The lowest BCUT2D eigenvalue weighted by Crippen LogP contribution is -2.14. The van der Waals surface area contributed by atoms with Gasteiger partial charge in [-0.2, -0.15) is 5.26 Å². The van der Waals surface area contributed by atoms with Crippen LogP contribution in [0.4, 0.5) is 0 Å². The largest absolute Gasteiger partial charge is 0.493 e. The summed E-state index contributed by atoms with van der Waals surface area (Å²) >= 11 is 0. The highest BCUT2D eigenvalue weighted by Crippen LogP contribution is 2.43. The average Bonchev–Trinajstić information content (AvgIpc) is 0.770. The molecule has 0 N–H and O–H groups in total. The van der Waals surface area contributed by atoms with Crippen LogP contribution in [0.3, 0.4) is 0 Å². The van der Waals surface area contributed by atoms with Crippen molar-refractivity contribution in [3.05, 3.63) is 198 Å². The molecule has 16 nitrogen and oxygen atoms in total. The van der Waals surface area contributed by atoms with E-state index in [-0.39, 0.29) is 100 Å². The van der Waals surface area contributed by atoms with Gasteiger partial charge in [0.1, 0.15) is 66.1 Å². The highest BCUT2D eigenvalue weighted by atomic mass is 16.5. The number of ether oxygens (including phenoxy) is 8. The normalized spacial score (nSPS) is 11.5. The molecule has 0 unspecified atom stereocenters. The number of nitrogens with zero attached hydrogens (tertiary/aromatic N) is 4. The maximum atomic E-state index is 14.0. The molecule has 4 aromatic carbocycles. The molecule has 0 radical (unpaired) electrons. The van der Waals surface area contributed by atoms with E-state index >= 15 is 0 Å². The molecule has 776 valence electrons.